The Labute approximate surface area is 158 Å². The summed E-state index contributed by atoms with van der Waals surface area (Å²) in [4.78, 5) is 16.3. The monoisotopic (exact) mass is 377 g/mol. The van der Waals surface area contributed by atoms with Crippen LogP contribution in [0, 0.1) is 0 Å². The highest BCUT2D eigenvalue weighted by atomic mass is 35.5. The van der Waals surface area contributed by atoms with Crippen molar-refractivity contribution in [1.82, 2.24) is 10.3 Å². The van der Waals surface area contributed by atoms with Gasteiger partial charge < -0.3 is 20.1 Å². The Morgan fingerprint density at radius 1 is 1.31 bits per heavy atom. The van der Waals surface area contributed by atoms with E-state index in [0.29, 0.717) is 36.2 Å². The van der Waals surface area contributed by atoms with Gasteiger partial charge in [-0.05, 0) is 38.1 Å². The van der Waals surface area contributed by atoms with Crippen molar-refractivity contribution < 1.29 is 14.3 Å². The lowest BCUT2D eigenvalue weighted by Crippen LogP contribution is -2.25. The predicted octanol–water partition coefficient (Wildman–Crippen LogP) is 3.65. The van der Waals surface area contributed by atoms with Crippen molar-refractivity contribution in [1.29, 1.82) is 0 Å². The molecule has 1 aromatic carbocycles. The number of amides is 1. The molecule has 26 heavy (non-hydrogen) atoms. The average Bonchev–Trinajstić information content (AvgIpc) is 2.61. The molecule has 1 aromatic heterocycles. The van der Waals surface area contributed by atoms with Crippen molar-refractivity contribution >= 4 is 23.2 Å². The number of methoxy groups -OCH3 is 1. The Balaban J connectivity index is 1.82. The molecule has 2 aromatic rings. The fourth-order valence-electron chi connectivity index (χ4n) is 2.30. The molecule has 0 bridgehead atoms. The minimum absolute atomic E-state index is 0.0243. The molecule has 1 amide bonds. The number of rotatable bonds is 9. The van der Waals surface area contributed by atoms with Crippen LogP contribution in [0.25, 0.3) is 0 Å². The van der Waals surface area contributed by atoms with Gasteiger partial charge in [0.1, 0.15) is 5.75 Å². The van der Waals surface area contributed by atoms with Gasteiger partial charge in [0.25, 0.3) is 0 Å². The zero-order chi connectivity index (χ0) is 18.9. The Kier molecular flexibility index (Phi) is 7.53. The van der Waals surface area contributed by atoms with Crippen LogP contribution in [0.5, 0.6) is 11.6 Å². The molecule has 0 atom stereocenters. The predicted molar refractivity (Wildman–Crippen MR) is 103 cm³/mol. The number of ether oxygens (including phenoxy) is 2. The Morgan fingerprint density at radius 3 is 2.85 bits per heavy atom. The van der Waals surface area contributed by atoms with E-state index in [1.54, 1.807) is 31.5 Å². The third-order valence-corrected chi connectivity index (χ3v) is 3.74. The molecular weight excluding hydrogens is 354 g/mol. The number of carbonyl (C=O) groups is 1. The number of anilines is 1. The summed E-state index contributed by atoms with van der Waals surface area (Å²) < 4.78 is 10.9. The van der Waals surface area contributed by atoms with E-state index < -0.39 is 0 Å². The second-order valence-corrected chi connectivity index (χ2v) is 6.37. The van der Waals surface area contributed by atoms with Crippen LogP contribution in [0.15, 0.2) is 36.5 Å². The first-order chi connectivity index (χ1) is 12.5. The van der Waals surface area contributed by atoms with Crippen molar-refractivity contribution in [2.24, 2.45) is 0 Å². The van der Waals surface area contributed by atoms with Crippen molar-refractivity contribution in [3.63, 3.8) is 0 Å². The van der Waals surface area contributed by atoms with E-state index in [0.717, 1.165) is 11.3 Å². The zero-order valence-corrected chi connectivity index (χ0v) is 16.0. The topological polar surface area (TPSA) is 72.5 Å². The summed E-state index contributed by atoms with van der Waals surface area (Å²) in [5.41, 5.74) is 1.60. The van der Waals surface area contributed by atoms with E-state index in [2.05, 4.69) is 15.6 Å². The molecule has 6 nitrogen and oxygen atoms in total. The molecule has 0 unspecified atom stereocenters. The second kappa shape index (κ2) is 9.87. The summed E-state index contributed by atoms with van der Waals surface area (Å²) in [6, 6.07) is 9.01. The number of aromatic nitrogens is 1. The van der Waals surface area contributed by atoms with Crippen LogP contribution in [0.4, 0.5) is 5.69 Å². The van der Waals surface area contributed by atoms with Crippen molar-refractivity contribution in [2.45, 2.75) is 32.9 Å². The van der Waals surface area contributed by atoms with E-state index >= 15 is 0 Å². The number of hydrogen-bond acceptors (Lipinski definition) is 5. The normalized spacial score (nSPS) is 10.5. The largest absolute Gasteiger partial charge is 0.495 e. The fraction of sp³-hybridized carbons (Fsp3) is 0.368. The minimum Gasteiger partial charge on any atom is -0.495 e. The molecule has 2 rings (SSSR count). The van der Waals surface area contributed by atoms with E-state index in [-0.39, 0.29) is 12.0 Å². The van der Waals surface area contributed by atoms with Crippen LogP contribution in [0.2, 0.25) is 5.02 Å². The van der Waals surface area contributed by atoms with E-state index in [4.69, 9.17) is 21.1 Å². The van der Waals surface area contributed by atoms with Gasteiger partial charge in [0, 0.05) is 36.3 Å². The number of pyridine rings is 1. The SMILES string of the molecule is COc1ccc(Cl)cc1NCCC(=O)NCc1cccnc1OC(C)C. The summed E-state index contributed by atoms with van der Waals surface area (Å²) >= 11 is 5.99. The lowest BCUT2D eigenvalue weighted by molar-refractivity contribution is -0.121. The first kappa shape index (κ1) is 19.8. The summed E-state index contributed by atoms with van der Waals surface area (Å²) in [7, 11) is 1.59. The lowest BCUT2D eigenvalue weighted by atomic mass is 10.2. The number of nitrogens with one attached hydrogen (secondary N) is 2. The van der Waals surface area contributed by atoms with E-state index in [1.807, 2.05) is 26.0 Å². The van der Waals surface area contributed by atoms with Gasteiger partial charge in [-0.15, -0.1) is 0 Å². The highest BCUT2D eigenvalue weighted by molar-refractivity contribution is 6.30. The molecule has 7 heteroatoms. The summed E-state index contributed by atoms with van der Waals surface area (Å²) in [6.45, 7) is 4.71. The molecule has 0 aliphatic carbocycles. The number of nitrogens with zero attached hydrogens (tertiary/aromatic N) is 1. The smallest absolute Gasteiger partial charge is 0.222 e. The van der Waals surface area contributed by atoms with E-state index in [1.165, 1.54) is 0 Å². The third kappa shape index (κ3) is 6.11. The molecule has 0 fully saturated rings. The highest BCUT2D eigenvalue weighted by Gasteiger charge is 2.09. The zero-order valence-electron chi connectivity index (χ0n) is 15.2. The number of benzene rings is 1. The van der Waals surface area contributed by atoms with Crippen LogP contribution in [0.1, 0.15) is 25.8 Å². The highest BCUT2D eigenvalue weighted by Crippen LogP contribution is 2.27. The molecular formula is C19H24ClN3O3. The van der Waals surface area contributed by atoms with Gasteiger partial charge in [0.05, 0.1) is 18.9 Å². The van der Waals surface area contributed by atoms with Crippen molar-refractivity contribution in [3.05, 3.63) is 47.1 Å². The van der Waals surface area contributed by atoms with Crippen LogP contribution < -0.4 is 20.1 Å². The maximum atomic E-state index is 12.1. The minimum atomic E-state index is -0.0714. The fourth-order valence-corrected chi connectivity index (χ4v) is 2.47. The molecule has 0 saturated heterocycles. The van der Waals surface area contributed by atoms with Crippen LogP contribution in [-0.2, 0) is 11.3 Å². The summed E-state index contributed by atoms with van der Waals surface area (Å²) in [5, 5.41) is 6.65. The first-order valence-corrected chi connectivity index (χ1v) is 8.82. The standard InChI is InChI=1S/C19H24ClN3O3/c1-13(2)26-19-14(5-4-9-22-19)12-23-18(24)8-10-21-16-11-15(20)6-7-17(16)25-3/h4-7,9,11,13,21H,8,10,12H2,1-3H3,(H,23,24). The lowest BCUT2D eigenvalue weighted by Gasteiger charge is -2.14. The quantitative estimate of drug-likeness (QED) is 0.697. The van der Waals surface area contributed by atoms with E-state index in [9.17, 15) is 4.79 Å². The van der Waals surface area contributed by atoms with Gasteiger partial charge in [-0.25, -0.2) is 4.98 Å². The molecule has 0 aliphatic rings. The van der Waals surface area contributed by atoms with Gasteiger partial charge in [-0.1, -0.05) is 17.7 Å². The molecule has 140 valence electrons. The van der Waals surface area contributed by atoms with Gasteiger partial charge in [-0.3, -0.25) is 4.79 Å². The number of carbonyl (C=O) groups excluding carboxylic acids is 1. The Morgan fingerprint density at radius 2 is 2.12 bits per heavy atom. The second-order valence-electron chi connectivity index (χ2n) is 5.93. The molecule has 0 saturated carbocycles. The molecule has 0 aliphatic heterocycles. The number of hydrogen-bond donors (Lipinski definition) is 2. The summed E-state index contributed by atoms with van der Waals surface area (Å²) in [5.74, 6) is 1.16. The number of halogens is 1. The maximum Gasteiger partial charge on any atom is 0.222 e. The van der Waals surface area contributed by atoms with Crippen LogP contribution in [-0.4, -0.2) is 30.6 Å². The molecule has 0 spiro atoms. The third-order valence-electron chi connectivity index (χ3n) is 3.50. The van der Waals surface area contributed by atoms with Gasteiger partial charge in [-0.2, -0.15) is 0 Å². The van der Waals surface area contributed by atoms with Crippen LogP contribution >= 0.6 is 11.6 Å². The maximum absolute atomic E-state index is 12.1. The Bertz CT molecular complexity index is 738. The Hall–Kier alpha value is -2.47. The molecule has 0 radical (unpaired) electrons. The van der Waals surface area contributed by atoms with Crippen LogP contribution in [0.3, 0.4) is 0 Å². The summed E-state index contributed by atoms with van der Waals surface area (Å²) in [6.07, 6.45) is 2.01. The van der Waals surface area contributed by atoms with Crippen molar-refractivity contribution in [2.75, 3.05) is 19.0 Å². The molecule has 1 heterocycles. The first-order valence-electron chi connectivity index (χ1n) is 8.44. The average molecular weight is 378 g/mol. The van der Waals surface area contributed by atoms with Crippen molar-refractivity contribution in [3.8, 4) is 11.6 Å². The van der Waals surface area contributed by atoms with Gasteiger partial charge in [0.15, 0.2) is 0 Å². The molecule has 2 N–H and O–H groups in total. The van der Waals surface area contributed by atoms with Gasteiger partial charge in [0.2, 0.25) is 11.8 Å². The van der Waals surface area contributed by atoms with Gasteiger partial charge >= 0.3 is 0 Å².